The molecule has 0 aliphatic heterocycles. The third-order valence-electron chi connectivity index (χ3n) is 3.57. The zero-order valence-electron chi connectivity index (χ0n) is 13.7. The number of benzene rings is 1. The van der Waals surface area contributed by atoms with Crippen molar-refractivity contribution in [2.75, 3.05) is 7.11 Å². The molecule has 0 unspecified atom stereocenters. The van der Waals surface area contributed by atoms with E-state index >= 15 is 0 Å². The largest absolute Gasteiger partial charge is 0.480 e. The lowest BCUT2D eigenvalue weighted by molar-refractivity contribution is -0.137. The summed E-state index contributed by atoms with van der Waals surface area (Å²) in [7, 11) is 1.48. The number of methoxy groups -OCH3 is 1. The van der Waals surface area contributed by atoms with Gasteiger partial charge in [0.2, 0.25) is 0 Å². The molecule has 0 saturated heterocycles. The Bertz CT molecular complexity index is 968. The van der Waals surface area contributed by atoms with Gasteiger partial charge in [0.25, 0.3) is 5.91 Å². The third kappa shape index (κ3) is 3.70. The number of hydrogen-bond donors (Lipinski definition) is 2. The first-order valence-electron chi connectivity index (χ1n) is 7.57. The predicted molar refractivity (Wildman–Crippen MR) is 91.3 cm³/mol. The summed E-state index contributed by atoms with van der Waals surface area (Å²) in [6.07, 6.45) is 1.44. The number of carbonyl (C=O) groups is 2. The van der Waals surface area contributed by atoms with Gasteiger partial charge in [-0.3, -0.25) is 9.59 Å². The van der Waals surface area contributed by atoms with Crippen LogP contribution in [0.3, 0.4) is 0 Å². The van der Waals surface area contributed by atoms with Crippen LogP contribution in [0.4, 0.5) is 4.39 Å². The van der Waals surface area contributed by atoms with Crippen molar-refractivity contribution in [3.05, 3.63) is 46.3 Å². The van der Waals surface area contributed by atoms with Gasteiger partial charge in [-0.15, -0.1) is 16.4 Å². The number of carboxylic acids is 1. The second kappa shape index (κ2) is 7.58. The molecule has 3 aromatic rings. The molecule has 8 nitrogen and oxygen atoms in total. The van der Waals surface area contributed by atoms with E-state index < -0.39 is 11.8 Å². The summed E-state index contributed by atoms with van der Waals surface area (Å²) in [5.74, 6) is -1.83. The lowest BCUT2D eigenvalue weighted by atomic mass is 10.1. The second-order valence-electron chi connectivity index (χ2n) is 5.44. The van der Waals surface area contributed by atoms with Crippen LogP contribution in [0.2, 0.25) is 0 Å². The number of nitrogens with zero attached hydrogens (tertiary/aromatic N) is 3. The Morgan fingerprint density at radius 3 is 2.96 bits per heavy atom. The van der Waals surface area contributed by atoms with E-state index in [4.69, 9.17) is 9.84 Å². The number of aromatic nitrogens is 3. The minimum absolute atomic E-state index is 0.0710. The minimum atomic E-state index is -1.04. The van der Waals surface area contributed by atoms with Crippen molar-refractivity contribution in [2.24, 2.45) is 0 Å². The first-order valence-corrected chi connectivity index (χ1v) is 8.39. The minimum Gasteiger partial charge on any atom is -0.480 e. The van der Waals surface area contributed by atoms with Crippen LogP contribution in [-0.2, 0) is 29.2 Å². The summed E-state index contributed by atoms with van der Waals surface area (Å²) in [4.78, 5) is 23.6. The molecule has 0 radical (unpaired) electrons. The highest BCUT2D eigenvalue weighted by molar-refractivity contribution is 7.21. The zero-order chi connectivity index (χ0) is 18.7. The molecule has 2 N–H and O–H groups in total. The maximum absolute atomic E-state index is 14.2. The van der Waals surface area contributed by atoms with Crippen molar-refractivity contribution >= 4 is 33.3 Å². The monoisotopic (exact) mass is 378 g/mol. The fourth-order valence-corrected chi connectivity index (χ4v) is 3.66. The first-order chi connectivity index (χ1) is 12.5. The van der Waals surface area contributed by atoms with Gasteiger partial charge in [0, 0.05) is 22.8 Å². The molecular formula is C16H15FN4O4S. The Morgan fingerprint density at radius 1 is 1.42 bits per heavy atom. The van der Waals surface area contributed by atoms with Crippen molar-refractivity contribution in [2.45, 2.75) is 19.7 Å². The maximum atomic E-state index is 14.2. The van der Waals surface area contributed by atoms with Crippen LogP contribution in [0, 0.1) is 5.82 Å². The predicted octanol–water partition coefficient (Wildman–Crippen LogP) is 1.79. The summed E-state index contributed by atoms with van der Waals surface area (Å²) in [6, 6.07) is 4.68. The van der Waals surface area contributed by atoms with Crippen LogP contribution < -0.4 is 5.32 Å². The Balaban J connectivity index is 1.79. The topological polar surface area (TPSA) is 106 Å². The van der Waals surface area contributed by atoms with Gasteiger partial charge in [-0.25, -0.2) is 9.07 Å². The molecule has 1 amide bonds. The van der Waals surface area contributed by atoms with Crippen LogP contribution >= 0.6 is 11.3 Å². The molecule has 0 aliphatic rings. The lowest BCUT2D eigenvalue weighted by Gasteiger charge is -2.05. The van der Waals surface area contributed by atoms with Crippen LogP contribution in [0.15, 0.2) is 24.4 Å². The Morgan fingerprint density at radius 2 is 2.23 bits per heavy atom. The molecule has 1 aromatic carbocycles. The molecule has 136 valence electrons. The van der Waals surface area contributed by atoms with Crippen LogP contribution in [-0.4, -0.2) is 39.1 Å². The van der Waals surface area contributed by atoms with Crippen molar-refractivity contribution < 1.29 is 23.8 Å². The van der Waals surface area contributed by atoms with E-state index in [0.717, 1.165) is 4.68 Å². The summed E-state index contributed by atoms with van der Waals surface area (Å²) < 4.78 is 21.1. The Hall–Kier alpha value is -2.85. The molecule has 0 fully saturated rings. The van der Waals surface area contributed by atoms with Gasteiger partial charge in [-0.1, -0.05) is 11.3 Å². The van der Waals surface area contributed by atoms with Crippen molar-refractivity contribution in [3.63, 3.8) is 0 Å². The standard InChI is InChI=1S/C16H15FN4O4S/c1-25-8-10-14-11(17)3-2-4-12(14)26-15(10)16(24)18-5-9-6-21(20-19-9)7-13(22)23/h2-4,6H,5,7-8H2,1H3,(H,18,24)(H,22,23). The fourth-order valence-electron chi connectivity index (χ4n) is 2.52. The number of rotatable bonds is 7. The average Bonchev–Trinajstić information content (AvgIpc) is 3.18. The van der Waals surface area contributed by atoms with E-state index in [9.17, 15) is 14.0 Å². The number of halogens is 1. The van der Waals surface area contributed by atoms with Gasteiger partial charge in [0.1, 0.15) is 18.1 Å². The number of carboxylic acid groups (broad SMARTS) is 1. The van der Waals surface area contributed by atoms with Gasteiger partial charge >= 0.3 is 5.97 Å². The number of aliphatic carboxylic acids is 1. The molecule has 0 saturated carbocycles. The van der Waals surface area contributed by atoms with Crippen molar-refractivity contribution in [3.8, 4) is 0 Å². The van der Waals surface area contributed by atoms with E-state index in [1.807, 2.05) is 0 Å². The van der Waals surface area contributed by atoms with Crippen LogP contribution in [0.25, 0.3) is 10.1 Å². The second-order valence-corrected chi connectivity index (χ2v) is 6.49. The number of fused-ring (bicyclic) bond motifs is 1. The fraction of sp³-hybridized carbons (Fsp3) is 0.250. The molecular weight excluding hydrogens is 363 g/mol. The number of ether oxygens (including phenoxy) is 1. The van der Waals surface area contributed by atoms with Crippen molar-refractivity contribution in [1.29, 1.82) is 0 Å². The van der Waals surface area contributed by atoms with Gasteiger partial charge in [0.05, 0.1) is 24.2 Å². The number of amides is 1. The SMILES string of the molecule is COCc1c(C(=O)NCc2cn(CC(=O)O)nn2)sc2cccc(F)c12. The molecule has 26 heavy (non-hydrogen) atoms. The summed E-state index contributed by atoms with van der Waals surface area (Å²) >= 11 is 1.18. The summed E-state index contributed by atoms with van der Waals surface area (Å²) in [5, 5.41) is 19.3. The van der Waals surface area contributed by atoms with E-state index in [1.165, 1.54) is 30.7 Å². The Labute approximate surface area is 151 Å². The third-order valence-corrected chi connectivity index (χ3v) is 4.77. The number of hydrogen-bond acceptors (Lipinski definition) is 6. The molecule has 0 spiro atoms. The molecule has 2 aromatic heterocycles. The normalized spacial score (nSPS) is 11.0. The van der Waals surface area contributed by atoms with Gasteiger partial charge in [-0.05, 0) is 12.1 Å². The number of nitrogens with one attached hydrogen (secondary N) is 1. The first kappa shape index (κ1) is 18.0. The molecule has 3 rings (SSSR count). The average molecular weight is 378 g/mol. The van der Waals surface area contributed by atoms with Gasteiger partial charge < -0.3 is 15.2 Å². The van der Waals surface area contributed by atoms with Gasteiger partial charge in [0.15, 0.2) is 0 Å². The van der Waals surface area contributed by atoms with E-state index in [1.54, 1.807) is 12.1 Å². The lowest BCUT2D eigenvalue weighted by Crippen LogP contribution is -2.23. The quantitative estimate of drug-likeness (QED) is 0.649. The smallest absolute Gasteiger partial charge is 0.325 e. The zero-order valence-corrected chi connectivity index (χ0v) is 14.5. The Kier molecular flexibility index (Phi) is 5.24. The van der Waals surface area contributed by atoms with Crippen molar-refractivity contribution in [1.82, 2.24) is 20.3 Å². The molecule has 0 atom stereocenters. The highest BCUT2D eigenvalue weighted by Crippen LogP contribution is 2.33. The highest BCUT2D eigenvalue weighted by atomic mass is 32.1. The van der Waals surface area contributed by atoms with E-state index in [-0.39, 0.29) is 25.6 Å². The highest BCUT2D eigenvalue weighted by Gasteiger charge is 2.20. The van der Waals surface area contributed by atoms with E-state index in [0.29, 0.717) is 26.2 Å². The molecule has 0 bridgehead atoms. The number of carbonyl (C=O) groups excluding carboxylic acids is 1. The molecule has 0 aliphatic carbocycles. The van der Waals surface area contributed by atoms with E-state index in [2.05, 4.69) is 15.6 Å². The molecule has 10 heteroatoms. The summed E-state index contributed by atoms with van der Waals surface area (Å²) in [6.45, 7) is -0.130. The van der Waals surface area contributed by atoms with Crippen LogP contribution in [0.5, 0.6) is 0 Å². The summed E-state index contributed by atoms with van der Waals surface area (Å²) in [5.41, 5.74) is 0.915. The van der Waals surface area contributed by atoms with Crippen LogP contribution in [0.1, 0.15) is 20.9 Å². The number of thiophene rings is 1. The maximum Gasteiger partial charge on any atom is 0.325 e. The van der Waals surface area contributed by atoms with Gasteiger partial charge in [-0.2, -0.15) is 0 Å². The molecule has 2 heterocycles.